The molecule has 145 heavy (non-hydrogen) atoms. The van der Waals surface area contributed by atoms with Crippen LogP contribution >= 0.6 is 69.6 Å². The molecule has 0 saturated carbocycles. The zero-order chi connectivity index (χ0) is 108. The zero-order valence-corrected chi connectivity index (χ0v) is 91.1. The molecule has 0 saturated heterocycles. The molecular weight excluding hydrogens is 2020 g/mol. The Balaban J connectivity index is 0.000000353. The predicted octanol–water partition coefficient (Wildman–Crippen LogP) is 22.8. The molecule has 0 amide bonds. The molecule has 0 bridgehead atoms. The van der Waals surface area contributed by atoms with Gasteiger partial charge < -0.3 is 80.5 Å². The van der Waals surface area contributed by atoms with Crippen LogP contribution in [0.15, 0.2) is 223 Å². The fraction of sp³-hybridized carbons (Fsp3) is 0.358. The summed E-state index contributed by atoms with van der Waals surface area (Å²) in [5.74, 6) is 2.27. The Labute approximate surface area is 885 Å². The number of nitrogen functional groups attached to an aromatic ring is 1. The van der Waals surface area contributed by atoms with Gasteiger partial charge in [0.25, 0.3) is 11.1 Å². The molecule has 0 fully saturated rings. The first-order valence-corrected chi connectivity index (χ1v) is 50.3. The average Bonchev–Trinajstić information content (AvgIpc) is 0.770. The molecule has 10 aromatic heterocycles. The van der Waals surface area contributed by atoms with Crippen molar-refractivity contribution in [3.05, 3.63) is 293 Å². The van der Waals surface area contributed by atoms with Crippen molar-refractivity contribution in [2.75, 3.05) is 99.3 Å². The second-order valence-electron chi connectivity index (χ2n) is 32.9. The van der Waals surface area contributed by atoms with Gasteiger partial charge >= 0.3 is 40.4 Å². The fourth-order valence-corrected chi connectivity index (χ4v) is 14.0. The van der Waals surface area contributed by atoms with Crippen LogP contribution in [-0.4, -0.2) is 185 Å². The number of pyridine rings is 10. The van der Waals surface area contributed by atoms with Crippen molar-refractivity contribution in [2.45, 2.75) is 181 Å². The SMILES string of the molecule is CC(C)N.CC(C)Nc1cc(Cl)ncc1C=O.CC(C)Nc1cc(Cl)ncc1CO.CC(C)n1c(=O)c(-c2ccccc2)cc2cnc(Cl)cc21.CCN(CC)CCOc1ccc(N)nc1.CCN(CC)CCOc1ccc(Nc2cc3c(cn2)cc(-c2ccccc2)c(=O)n3C(C)C)nc1.CCOC(=O)Cc1ccccc1.CCOC(=O)c1cnc(Cl)cc1Cl.CCOC(=O)c1cnc(Cl)cc1NC(C)C.[O]=[Mn]=[O]. The van der Waals surface area contributed by atoms with Crippen molar-refractivity contribution in [2.24, 2.45) is 5.73 Å². The maximum absolute atomic E-state index is 13.4. The number of nitrogens with zero attached hydrogens (tertiary/aromatic N) is 12. The number of likely N-dealkylation sites (N-methyl/N-ethyl adjacent to an activating group) is 2. The van der Waals surface area contributed by atoms with Crippen molar-refractivity contribution in [3.8, 4) is 33.8 Å². The van der Waals surface area contributed by atoms with Gasteiger partial charge in [0.1, 0.15) is 73.5 Å². The van der Waals surface area contributed by atoms with Gasteiger partial charge in [-0.15, -0.1) is 0 Å². The number of benzene rings is 3. The molecule has 9 N–H and O–H groups in total. The number of aliphatic hydroxyl groups is 1. The number of esters is 3. The topological polar surface area (TPSA) is 423 Å². The molecule has 0 spiro atoms. The van der Waals surface area contributed by atoms with Crippen molar-refractivity contribution < 1.29 is 70.5 Å². The third kappa shape index (κ3) is 46.3. The molecule has 0 atom stereocenters. The summed E-state index contributed by atoms with van der Waals surface area (Å²) < 4.78 is 46.2. The van der Waals surface area contributed by atoms with Crippen LogP contribution in [0.5, 0.6) is 11.5 Å². The quantitative estimate of drug-likeness (QED) is 0.00660. The van der Waals surface area contributed by atoms with E-state index in [1.807, 2.05) is 222 Å². The summed E-state index contributed by atoms with van der Waals surface area (Å²) in [6.07, 6.45) is 13.7. The molecule has 13 rings (SSSR count). The zero-order valence-electron chi connectivity index (χ0n) is 85.4. The number of carbonyl (C=O) groups excluding carboxylic acids is 4. The number of aliphatic hydroxyl groups excluding tert-OH is 1. The molecule has 0 radical (unpaired) electrons. The first-order chi connectivity index (χ1) is 69.2. The second kappa shape index (κ2) is 68.9. The first kappa shape index (κ1) is 125. The van der Waals surface area contributed by atoms with E-state index in [1.165, 1.54) is 24.7 Å². The van der Waals surface area contributed by atoms with Gasteiger partial charge in [-0.05, 0) is 206 Å². The third-order valence-electron chi connectivity index (χ3n) is 19.6. The summed E-state index contributed by atoms with van der Waals surface area (Å²) in [7, 11) is 0. The van der Waals surface area contributed by atoms with Gasteiger partial charge in [-0.2, -0.15) is 0 Å². The Morgan fingerprint density at radius 1 is 0.455 bits per heavy atom. The van der Waals surface area contributed by atoms with Crippen LogP contribution < -0.4 is 53.3 Å². The van der Waals surface area contributed by atoms with Crippen molar-refractivity contribution in [3.63, 3.8) is 0 Å². The first-order valence-electron chi connectivity index (χ1n) is 47.1. The van der Waals surface area contributed by atoms with Crippen LogP contribution in [-0.2, 0) is 54.5 Å². The average molecular weight is 2150 g/mol. The molecule has 13 aromatic rings. The number of hydrogen-bond acceptors (Lipinski definition) is 30. The van der Waals surface area contributed by atoms with Crippen LogP contribution in [0.25, 0.3) is 44.1 Å². The summed E-state index contributed by atoms with van der Waals surface area (Å²) in [6, 6.07) is 51.3. The molecule has 32 nitrogen and oxygen atoms in total. The standard InChI is InChI=1S/C28H33N5O2.C17H15ClN2O.C11H15ClN2O2.C11H19N3O.C10H12O2.C9H13ClN2O.C9H11ClN2O.C8H7Cl2NO2.C3H9N.Mn.2O/c1-5-32(6-2)14-15-35-23-12-13-26(30-19-23)31-27-17-25-22(18-29-27)16-24(21-10-8-7-9-11-21)28(34)33(25)20(3)4;1-11(2)20-15-9-16(18)19-10-13(15)8-14(17(20)21)12-6-4-3-5-7-12;1-4-16-11(15)8-6-13-10(12)5-9(8)14-7(2)3;1-3-14(4-2)7-8-15-10-5-6-11(12)13-9-10;1-2-12-10(11)8-9-6-4-3-5-7-9;2*1-6(2)12-8-3-9(10)11-4-7(8)5-13;1-2-13-8(12)5-4-11-7(10)3-6(5)9;1-3(2)4;;;/h7-13,16-20H,5-6,14-15H2,1-4H3,(H,29,30,31);3-11H,1-2H3;5-7H,4H2,1-3H3,(H,13,14);5-6,9H,3-4,7-8H2,1-2H3,(H2,12,13);3-7H,2,8H2,1H3;3-4,6,13H,5H2,1-2H3,(H,11,12);3-6H,1-2H3,(H,11,12);3-4H,2H2,1H3;3H,4H2,1-2H3;;;. The molecule has 39 heteroatoms. The van der Waals surface area contributed by atoms with E-state index in [-0.39, 0.29) is 63.6 Å². The Morgan fingerprint density at radius 3 is 1.28 bits per heavy atom. The van der Waals surface area contributed by atoms with Crippen LogP contribution in [0.4, 0.5) is 34.5 Å². The third-order valence-corrected chi connectivity index (χ3v) is 20.9. The molecule has 781 valence electrons. The van der Waals surface area contributed by atoms with Gasteiger partial charge in [-0.3, -0.25) is 19.2 Å². The number of rotatable bonds is 33. The Hall–Kier alpha value is -12.3. The number of ether oxygens (including phenoxy) is 5. The van der Waals surface area contributed by atoms with Gasteiger partial charge in [-0.25, -0.2) is 49.5 Å². The van der Waals surface area contributed by atoms with Crippen molar-refractivity contribution >= 4 is 150 Å². The van der Waals surface area contributed by atoms with Gasteiger partial charge in [0.05, 0.1) is 78.1 Å². The van der Waals surface area contributed by atoms with Gasteiger partial charge in [0, 0.05) is 125 Å². The Kier molecular flexibility index (Phi) is 59.3. The summed E-state index contributed by atoms with van der Waals surface area (Å²) in [5.41, 5.74) is 20.5. The van der Waals surface area contributed by atoms with Gasteiger partial charge in [0.15, 0.2) is 6.29 Å². The number of nitrogens with one attached hydrogen (secondary N) is 4. The normalized spacial score (nSPS) is 10.4. The van der Waals surface area contributed by atoms with Crippen LogP contribution in [0.3, 0.4) is 0 Å². The molecule has 0 aliphatic rings. The van der Waals surface area contributed by atoms with Crippen LogP contribution in [0.2, 0.25) is 30.8 Å². The monoisotopic (exact) mass is 2150 g/mol. The Morgan fingerprint density at radius 2 is 0.848 bits per heavy atom. The van der Waals surface area contributed by atoms with Crippen molar-refractivity contribution in [1.82, 2.24) is 58.8 Å². The molecule has 3 aromatic carbocycles. The number of nitrogens with two attached hydrogens (primary N) is 2. The number of anilines is 6. The number of carbonyl (C=O) groups is 4. The number of halogens is 6. The number of hydrogen-bond donors (Lipinski definition) is 7. The Bertz CT molecular complexity index is 6230. The van der Waals surface area contributed by atoms with Crippen LogP contribution in [0.1, 0.15) is 186 Å². The van der Waals surface area contributed by atoms with Crippen LogP contribution in [0, 0.1) is 0 Å². The summed E-state index contributed by atoms with van der Waals surface area (Å²) >= 11 is 33.0. The maximum atomic E-state index is 13.4. The van der Waals surface area contributed by atoms with Gasteiger partial charge in [0.2, 0.25) is 0 Å². The van der Waals surface area contributed by atoms with Gasteiger partial charge in [-0.1, -0.05) is 202 Å². The number of fused-ring (bicyclic) bond motifs is 2. The molecule has 0 aliphatic heterocycles. The second-order valence-corrected chi connectivity index (χ2v) is 35.5. The predicted molar refractivity (Wildman–Crippen MR) is 580 cm³/mol. The van der Waals surface area contributed by atoms with E-state index >= 15 is 0 Å². The summed E-state index contributed by atoms with van der Waals surface area (Å²) in [6.45, 7) is 46.1. The fourth-order valence-electron chi connectivity index (χ4n) is 13.0. The minimum absolute atomic E-state index is 0.00481. The number of aldehydes is 1. The van der Waals surface area contributed by atoms with E-state index in [0.29, 0.717) is 118 Å². The van der Waals surface area contributed by atoms with E-state index in [4.69, 9.17) is 118 Å². The summed E-state index contributed by atoms with van der Waals surface area (Å²) in [5, 5.41) is 25.5. The van der Waals surface area contributed by atoms with E-state index < -0.39 is 26.8 Å². The molecule has 0 unspecified atom stereocenters. The van der Waals surface area contributed by atoms with E-state index in [9.17, 15) is 28.8 Å². The molecule has 0 aliphatic carbocycles. The number of aromatic nitrogens is 10. The van der Waals surface area contributed by atoms with E-state index in [0.717, 1.165) is 112 Å². The summed E-state index contributed by atoms with van der Waals surface area (Å²) in [4.78, 5) is 108. The van der Waals surface area contributed by atoms with Crippen molar-refractivity contribution in [1.29, 1.82) is 0 Å². The molecular formula is C106H134Cl6MnN18O14. The van der Waals surface area contributed by atoms with E-state index in [2.05, 4.69) is 98.6 Å². The minimum atomic E-state index is -1.44. The van der Waals surface area contributed by atoms with E-state index in [1.54, 1.807) is 79.7 Å². The molecule has 10 heterocycles.